The lowest BCUT2D eigenvalue weighted by Crippen LogP contribution is -2.35. The van der Waals surface area contributed by atoms with Crippen molar-refractivity contribution in [2.24, 2.45) is 0 Å². The molecule has 0 aromatic rings. The van der Waals surface area contributed by atoms with E-state index in [0.717, 1.165) is 0 Å². The molecule has 0 radical (unpaired) electrons. The van der Waals surface area contributed by atoms with Gasteiger partial charge in [0.2, 0.25) is 0 Å². The zero-order chi connectivity index (χ0) is 11.9. The van der Waals surface area contributed by atoms with Gasteiger partial charge < -0.3 is 15.5 Å². The van der Waals surface area contributed by atoms with Crippen molar-refractivity contribution in [3.8, 4) is 0 Å². The molecule has 0 saturated heterocycles. The van der Waals surface area contributed by atoms with Gasteiger partial charge in [0.1, 0.15) is 0 Å². The Morgan fingerprint density at radius 1 is 1.33 bits per heavy atom. The summed E-state index contributed by atoms with van der Waals surface area (Å²) in [5, 5.41) is 20.3. The van der Waals surface area contributed by atoms with Crippen LogP contribution in [0.15, 0.2) is 0 Å². The van der Waals surface area contributed by atoms with Crippen LogP contribution in [0.2, 0.25) is 0 Å². The van der Waals surface area contributed by atoms with E-state index < -0.39 is 18.7 Å². The summed E-state index contributed by atoms with van der Waals surface area (Å²) < 4.78 is 35.3. The molecular formula is C9H18F3NO2. The number of rotatable bonds is 7. The number of hydrogen-bond acceptors (Lipinski definition) is 3. The Balaban J connectivity index is 3.45. The molecule has 15 heavy (non-hydrogen) atoms. The monoisotopic (exact) mass is 229 g/mol. The molecule has 0 spiro atoms. The highest BCUT2D eigenvalue weighted by molar-refractivity contribution is 4.65. The first-order valence-corrected chi connectivity index (χ1v) is 4.94. The summed E-state index contributed by atoms with van der Waals surface area (Å²) in [7, 11) is 0. The van der Waals surface area contributed by atoms with Crippen LogP contribution in [-0.2, 0) is 0 Å². The Hall–Kier alpha value is -0.330. The van der Waals surface area contributed by atoms with Crippen LogP contribution < -0.4 is 5.32 Å². The zero-order valence-corrected chi connectivity index (χ0v) is 8.72. The van der Waals surface area contributed by atoms with Crippen LogP contribution in [0.1, 0.15) is 26.2 Å². The third-order valence-electron chi connectivity index (χ3n) is 2.01. The first-order valence-electron chi connectivity index (χ1n) is 4.94. The van der Waals surface area contributed by atoms with E-state index in [0.29, 0.717) is 6.42 Å². The molecule has 6 heteroatoms. The Kier molecular flexibility index (Phi) is 6.87. The molecule has 3 N–H and O–H groups in total. The summed E-state index contributed by atoms with van der Waals surface area (Å²) in [6.07, 6.45) is -5.24. The minimum atomic E-state index is -4.09. The first-order chi connectivity index (χ1) is 6.85. The SMILES string of the molecule is CC(CCCC(F)(F)F)NCC(O)CO. The van der Waals surface area contributed by atoms with Gasteiger partial charge in [-0.05, 0) is 19.8 Å². The number of hydrogen-bond donors (Lipinski definition) is 3. The largest absolute Gasteiger partial charge is 0.394 e. The summed E-state index contributed by atoms with van der Waals surface area (Å²) in [5.74, 6) is 0. The van der Waals surface area contributed by atoms with Crippen molar-refractivity contribution in [2.45, 2.75) is 44.5 Å². The fourth-order valence-corrected chi connectivity index (χ4v) is 1.11. The second-order valence-corrected chi connectivity index (χ2v) is 3.65. The van der Waals surface area contributed by atoms with Crippen LogP contribution in [0.25, 0.3) is 0 Å². The van der Waals surface area contributed by atoms with Crippen molar-refractivity contribution < 1.29 is 23.4 Å². The summed E-state index contributed by atoms with van der Waals surface area (Å²) in [6, 6.07) is -0.0893. The average molecular weight is 229 g/mol. The molecule has 0 saturated carbocycles. The van der Waals surface area contributed by atoms with Crippen molar-refractivity contribution in [1.29, 1.82) is 0 Å². The predicted molar refractivity (Wildman–Crippen MR) is 50.5 cm³/mol. The highest BCUT2D eigenvalue weighted by Crippen LogP contribution is 2.22. The number of nitrogens with one attached hydrogen (secondary N) is 1. The molecule has 0 aliphatic rings. The van der Waals surface area contributed by atoms with Gasteiger partial charge in [-0.15, -0.1) is 0 Å². The topological polar surface area (TPSA) is 52.5 Å². The summed E-state index contributed by atoms with van der Waals surface area (Å²) in [4.78, 5) is 0. The number of halogens is 3. The Labute approximate surface area is 87.3 Å². The fraction of sp³-hybridized carbons (Fsp3) is 1.00. The molecule has 0 bridgehead atoms. The van der Waals surface area contributed by atoms with E-state index in [1.54, 1.807) is 6.92 Å². The van der Waals surface area contributed by atoms with Crippen molar-refractivity contribution in [3.05, 3.63) is 0 Å². The Bertz CT molecular complexity index is 164. The van der Waals surface area contributed by atoms with Gasteiger partial charge in [-0.25, -0.2) is 0 Å². The van der Waals surface area contributed by atoms with Gasteiger partial charge in [-0.2, -0.15) is 13.2 Å². The van der Waals surface area contributed by atoms with Crippen molar-refractivity contribution in [2.75, 3.05) is 13.2 Å². The van der Waals surface area contributed by atoms with Crippen LogP contribution >= 0.6 is 0 Å². The highest BCUT2D eigenvalue weighted by atomic mass is 19.4. The van der Waals surface area contributed by atoms with Crippen LogP contribution in [0, 0.1) is 0 Å². The molecule has 0 aliphatic carbocycles. The minimum Gasteiger partial charge on any atom is -0.394 e. The first kappa shape index (κ1) is 14.7. The molecule has 92 valence electrons. The van der Waals surface area contributed by atoms with Crippen LogP contribution in [0.5, 0.6) is 0 Å². The maximum atomic E-state index is 11.8. The van der Waals surface area contributed by atoms with E-state index in [1.165, 1.54) is 0 Å². The molecule has 0 fully saturated rings. The maximum absolute atomic E-state index is 11.8. The van der Waals surface area contributed by atoms with Crippen molar-refractivity contribution in [1.82, 2.24) is 5.32 Å². The van der Waals surface area contributed by atoms with Crippen molar-refractivity contribution >= 4 is 0 Å². The fourth-order valence-electron chi connectivity index (χ4n) is 1.11. The Morgan fingerprint density at radius 2 is 1.93 bits per heavy atom. The lowest BCUT2D eigenvalue weighted by Gasteiger charge is -2.16. The van der Waals surface area contributed by atoms with Gasteiger partial charge >= 0.3 is 6.18 Å². The van der Waals surface area contributed by atoms with E-state index in [4.69, 9.17) is 10.2 Å². The molecule has 2 unspecified atom stereocenters. The quantitative estimate of drug-likeness (QED) is 0.611. The number of aliphatic hydroxyl groups excluding tert-OH is 2. The lowest BCUT2D eigenvalue weighted by molar-refractivity contribution is -0.135. The van der Waals surface area contributed by atoms with Gasteiger partial charge in [0.25, 0.3) is 0 Å². The van der Waals surface area contributed by atoms with Gasteiger partial charge in [0.05, 0.1) is 12.7 Å². The van der Waals surface area contributed by atoms with Crippen LogP contribution in [0.3, 0.4) is 0 Å². The molecule has 0 heterocycles. The zero-order valence-electron chi connectivity index (χ0n) is 8.72. The second-order valence-electron chi connectivity index (χ2n) is 3.65. The smallest absolute Gasteiger partial charge is 0.389 e. The molecule has 0 aromatic heterocycles. The van der Waals surface area contributed by atoms with Crippen LogP contribution in [0.4, 0.5) is 13.2 Å². The molecular weight excluding hydrogens is 211 g/mol. The average Bonchev–Trinajstić information content (AvgIpc) is 2.12. The van der Waals surface area contributed by atoms with Gasteiger partial charge in [-0.1, -0.05) is 0 Å². The highest BCUT2D eigenvalue weighted by Gasteiger charge is 2.26. The summed E-state index contributed by atoms with van der Waals surface area (Å²) >= 11 is 0. The molecule has 0 aliphatic heterocycles. The third-order valence-corrected chi connectivity index (χ3v) is 2.01. The van der Waals surface area contributed by atoms with Gasteiger partial charge in [-0.3, -0.25) is 0 Å². The Morgan fingerprint density at radius 3 is 2.40 bits per heavy atom. The lowest BCUT2D eigenvalue weighted by atomic mass is 10.1. The normalized spacial score (nSPS) is 16.4. The van der Waals surface area contributed by atoms with E-state index in [2.05, 4.69) is 5.32 Å². The maximum Gasteiger partial charge on any atom is 0.389 e. The molecule has 3 nitrogen and oxygen atoms in total. The van der Waals surface area contributed by atoms with E-state index in [-0.39, 0.29) is 25.6 Å². The van der Waals surface area contributed by atoms with Crippen molar-refractivity contribution in [3.63, 3.8) is 0 Å². The second kappa shape index (κ2) is 7.03. The predicted octanol–water partition coefficient (Wildman–Crippen LogP) is 1.05. The van der Waals surface area contributed by atoms with Gasteiger partial charge in [0.15, 0.2) is 0 Å². The summed E-state index contributed by atoms with van der Waals surface area (Å²) in [6.45, 7) is 1.60. The van der Waals surface area contributed by atoms with E-state index >= 15 is 0 Å². The molecule has 0 amide bonds. The van der Waals surface area contributed by atoms with Crippen LogP contribution in [-0.4, -0.2) is 41.7 Å². The van der Waals surface area contributed by atoms with E-state index in [1.807, 2.05) is 0 Å². The number of alkyl halides is 3. The third kappa shape index (κ3) is 9.96. The molecule has 0 aromatic carbocycles. The van der Waals surface area contributed by atoms with Gasteiger partial charge in [0, 0.05) is 19.0 Å². The van der Waals surface area contributed by atoms with E-state index in [9.17, 15) is 13.2 Å². The molecule has 2 atom stereocenters. The standard InChI is InChI=1S/C9H18F3NO2/c1-7(13-5-8(15)6-14)3-2-4-9(10,11)12/h7-8,13-15H,2-6H2,1H3. The summed E-state index contributed by atoms with van der Waals surface area (Å²) in [5.41, 5.74) is 0. The minimum absolute atomic E-state index is 0.0763. The molecule has 0 rings (SSSR count). The number of aliphatic hydroxyl groups is 2.